The summed E-state index contributed by atoms with van der Waals surface area (Å²) in [5.74, 6) is 1.23. The fourth-order valence-corrected chi connectivity index (χ4v) is 2.44. The third-order valence-electron chi connectivity index (χ3n) is 2.78. The van der Waals surface area contributed by atoms with Crippen molar-refractivity contribution < 1.29 is 4.42 Å². The largest absolute Gasteiger partial charge is 0.458 e. The minimum absolute atomic E-state index is 0.0420. The van der Waals surface area contributed by atoms with Gasteiger partial charge in [-0.1, -0.05) is 13.8 Å². The Bertz CT molecular complexity index is 516. The zero-order chi connectivity index (χ0) is 11.9. The summed E-state index contributed by atoms with van der Waals surface area (Å²) >= 11 is 3.51. The lowest BCUT2D eigenvalue weighted by atomic mass is 10.0. The molecule has 86 valence electrons. The third kappa shape index (κ3) is 2.02. The summed E-state index contributed by atoms with van der Waals surface area (Å²) in [5.41, 5.74) is 8.18. The number of aryl methyl sites for hydroxylation is 1. The molecule has 1 aromatic carbocycles. The molecule has 0 saturated heterocycles. The number of rotatable bonds is 2. The maximum absolute atomic E-state index is 6.08. The molecule has 0 saturated carbocycles. The normalized spacial score (nSPS) is 13.6. The van der Waals surface area contributed by atoms with Crippen LogP contribution in [0.25, 0.3) is 11.0 Å². The lowest BCUT2D eigenvalue weighted by molar-refractivity contribution is 0.418. The monoisotopic (exact) mass is 281 g/mol. The highest BCUT2D eigenvalue weighted by Gasteiger charge is 2.16. The zero-order valence-electron chi connectivity index (χ0n) is 9.75. The quantitative estimate of drug-likeness (QED) is 0.898. The van der Waals surface area contributed by atoms with Gasteiger partial charge in [0.25, 0.3) is 0 Å². The van der Waals surface area contributed by atoms with Gasteiger partial charge in [0.05, 0.1) is 10.5 Å². The molecule has 0 amide bonds. The predicted octanol–water partition coefficient (Wildman–Crippen LogP) is 4.16. The molecule has 0 spiro atoms. The molecule has 0 bridgehead atoms. The van der Waals surface area contributed by atoms with E-state index in [1.54, 1.807) is 0 Å². The van der Waals surface area contributed by atoms with Crippen molar-refractivity contribution in [2.24, 2.45) is 11.7 Å². The first-order chi connectivity index (χ1) is 7.49. The number of fused-ring (bicyclic) bond motifs is 1. The van der Waals surface area contributed by atoms with E-state index in [-0.39, 0.29) is 6.04 Å². The van der Waals surface area contributed by atoms with E-state index in [1.165, 1.54) is 5.56 Å². The van der Waals surface area contributed by atoms with E-state index in [4.69, 9.17) is 10.2 Å². The summed E-state index contributed by atoms with van der Waals surface area (Å²) in [6.07, 6.45) is 0. The molecular formula is C13H16BrNO. The van der Waals surface area contributed by atoms with Gasteiger partial charge in [-0.3, -0.25) is 0 Å². The van der Waals surface area contributed by atoms with Crippen molar-refractivity contribution in [3.63, 3.8) is 0 Å². The second kappa shape index (κ2) is 4.22. The van der Waals surface area contributed by atoms with Gasteiger partial charge < -0.3 is 10.2 Å². The van der Waals surface area contributed by atoms with Crippen LogP contribution in [0.15, 0.2) is 27.1 Å². The highest BCUT2D eigenvalue weighted by atomic mass is 79.9. The second-order valence-corrected chi connectivity index (χ2v) is 5.44. The van der Waals surface area contributed by atoms with Crippen LogP contribution in [0.4, 0.5) is 0 Å². The predicted molar refractivity (Wildman–Crippen MR) is 70.4 cm³/mol. The van der Waals surface area contributed by atoms with Crippen molar-refractivity contribution in [2.75, 3.05) is 0 Å². The fourth-order valence-electron chi connectivity index (χ4n) is 1.76. The first-order valence-corrected chi connectivity index (χ1v) is 6.23. The van der Waals surface area contributed by atoms with Gasteiger partial charge in [0, 0.05) is 5.39 Å². The molecular weight excluding hydrogens is 266 g/mol. The highest BCUT2D eigenvalue weighted by molar-refractivity contribution is 9.10. The molecule has 3 heteroatoms. The average Bonchev–Trinajstić information content (AvgIpc) is 2.60. The number of nitrogens with two attached hydrogens (primary N) is 1. The molecule has 0 aliphatic carbocycles. The van der Waals surface area contributed by atoms with Gasteiger partial charge in [-0.05, 0) is 52.5 Å². The fraction of sp³-hybridized carbons (Fsp3) is 0.385. The van der Waals surface area contributed by atoms with E-state index in [0.717, 1.165) is 21.2 Å². The van der Waals surface area contributed by atoms with Crippen LogP contribution in [0.3, 0.4) is 0 Å². The highest BCUT2D eigenvalue weighted by Crippen LogP contribution is 2.32. The van der Waals surface area contributed by atoms with Crippen LogP contribution in [0.5, 0.6) is 0 Å². The molecule has 1 heterocycles. The first kappa shape index (κ1) is 11.7. The molecule has 0 aliphatic rings. The molecule has 1 aromatic heterocycles. The first-order valence-electron chi connectivity index (χ1n) is 5.44. The summed E-state index contributed by atoms with van der Waals surface area (Å²) in [7, 11) is 0. The maximum Gasteiger partial charge on any atom is 0.148 e. The molecule has 2 aromatic rings. The van der Waals surface area contributed by atoms with Gasteiger partial charge in [0.2, 0.25) is 0 Å². The summed E-state index contributed by atoms with van der Waals surface area (Å²) in [6, 6.07) is 6.16. The topological polar surface area (TPSA) is 39.2 Å². The minimum atomic E-state index is -0.0420. The van der Waals surface area contributed by atoms with E-state index in [2.05, 4.69) is 48.8 Å². The summed E-state index contributed by atoms with van der Waals surface area (Å²) in [6.45, 7) is 6.26. The molecule has 0 radical (unpaired) electrons. The molecule has 0 unspecified atom stereocenters. The van der Waals surface area contributed by atoms with Crippen LogP contribution < -0.4 is 5.73 Å². The van der Waals surface area contributed by atoms with Crippen molar-refractivity contribution in [3.8, 4) is 0 Å². The van der Waals surface area contributed by atoms with E-state index in [0.29, 0.717) is 5.92 Å². The standard InChI is InChI=1S/C13H16BrNO/c1-7(2)12(15)11-6-9-4-8(3)5-10(14)13(9)16-11/h4-7,12H,15H2,1-3H3/t12-/m1/s1. The van der Waals surface area contributed by atoms with Gasteiger partial charge in [-0.15, -0.1) is 0 Å². The van der Waals surface area contributed by atoms with E-state index in [9.17, 15) is 0 Å². The Balaban J connectivity index is 2.56. The maximum atomic E-state index is 6.08. The Labute approximate surface area is 104 Å². The Kier molecular flexibility index (Phi) is 3.08. The summed E-state index contributed by atoms with van der Waals surface area (Å²) < 4.78 is 6.80. The molecule has 16 heavy (non-hydrogen) atoms. The smallest absolute Gasteiger partial charge is 0.148 e. The van der Waals surface area contributed by atoms with Crippen LogP contribution in [0, 0.1) is 12.8 Å². The van der Waals surface area contributed by atoms with Crippen LogP contribution >= 0.6 is 15.9 Å². The van der Waals surface area contributed by atoms with E-state index in [1.807, 2.05) is 6.07 Å². The van der Waals surface area contributed by atoms with Gasteiger partial charge >= 0.3 is 0 Å². The minimum Gasteiger partial charge on any atom is -0.458 e. The summed E-state index contributed by atoms with van der Waals surface area (Å²) in [4.78, 5) is 0. The van der Waals surface area contributed by atoms with Crippen LogP contribution in [0.1, 0.15) is 31.2 Å². The lowest BCUT2D eigenvalue weighted by Gasteiger charge is -2.11. The SMILES string of the molecule is Cc1cc(Br)c2oc([C@H](N)C(C)C)cc2c1. The molecule has 2 nitrogen and oxygen atoms in total. The summed E-state index contributed by atoms with van der Waals surface area (Å²) in [5, 5.41) is 1.11. The number of hydrogen-bond donors (Lipinski definition) is 1. The van der Waals surface area contributed by atoms with Crippen molar-refractivity contribution in [1.82, 2.24) is 0 Å². The van der Waals surface area contributed by atoms with Gasteiger partial charge in [0.15, 0.2) is 0 Å². The van der Waals surface area contributed by atoms with E-state index >= 15 is 0 Å². The Morgan fingerprint density at radius 1 is 1.25 bits per heavy atom. The van der Waals surface area contributed by atoms with Crippen LogP contribution in [-0.4, -0.2) is 0 Å². The van der Waals surface area contributed by atoms with Gasteiger partial charge in [0.1, 0.15) is 11.3 Å². The van der Waals surface area contributed by atoms with Crippen LogP contribution in [0.2, 0.25) is 0 Å². The third-order valence-corrected chi connectivity index (χ3v) is 3.37. The van der Waals surface area contributed by atoms with Gasteiger partial charge in [-0.2, -0.15) is 0 Å². The number of hydrogen-bond acceptors (Lipinski definition) is 2. The Morgan fingerprint density at radius 2 is 1.94 bits per heavy atom. The number of furan rings is 1. The zero-order valence-corrected chi connectivity index (χ0v) is 11.3. The van der Waals surface area contributed by atoms with Gasteiger partial charge in [-0.25, -0.2) is 0 Å². The van der Waals surface area contributed by atoms with Crippen molar-refractivity contribution >= 4 is 26.9 Å². The average molecular weight is 282 g/mol. The number of halogens is 1. The molecule has 0 aliphatic heterocycles. The van der Waals surface area contributed by atoms with Crippen molar-refractivity contribution in [2.45, 2.75) is 26.8 Å². The molecule has 2 rings (SSSR count). The molecule has 1 atom stereocenters. The van der Waals surface area contributed by atoms with Crippen LogP contribution in [-0.2, 0) is 0 Å². The number of benzene rings is 1. The lowest BCUT2D eigenvalue weighted by Crippen LogP contribution is -2.15. The Morgan fingerprint density at radius 3 is 2.56 bits per heavy atom. The second-order valence-electron chi connectivity index (χ2n) is 4.58. The van der Waals surface area contributed by atoms with Crippen molar-refractivity contribution in [3.05, 3.63) is 34.0 Å². The molecule has 2 N–H and O–H groups in total. The van der Waals surface area contributed by atoms with E-state index < -0.39 is 0 Å². The van der Waals surface area contributed by atoms with Crippen molar-refractivity contribution in [1.29, 1.82) is 0 Å². The molecule has 0 fully saturated rings. The Hall–Kier alpha value is -0.800.